The van der Waals surface area contributed by atoms with Gasteiger partial charge in [-0.2, -0.15) is 14.9 Å². The monoisotopic (exact) mass is 347 g/mol. The van der Waals surface area contributed by atoms with E-state index < -0.39 is 0 Å². The second-order valence-corrected chi connectivity index (χ2v) is 6.64. The number of para-hydroxylation sites is 1. The lowest BCUT2D eigenvalue weighted by atomic mass is 10.1. The van der Waals surface area contributed by atoms with Crippen molar-refractivity contribution in [3.05, 3.63) is 60.8 Å². The van der Waals surface area contributed by atoms with Crippen LogP contribution in [0.25, 0.3) is 22.9 Å². The molecule has 26 heavy (non-hydrogen) atoms. The fourth-order valence-electron chi connectivity index (χ4n) is 2.99. The van der Waals surface area contributed by atoms with Gasteiger partial charge in [-0.25, -0.2) is 9.67 Å². The lowest BCUT2D eigenvalue weighted by Gasteiger charge is -2.10. The molecule has 0 aliphatic heterocycles. The van der Waals surface area contributed by atoms with Gasteiger partial charge in [0.25, 0.3) is 0 Å². The van der Waals surface area contributed by atoms with Gasteiger partial charge in [0.1, 0.15) is 0 Å². The van der Waals surface area contributed by atoms with Crippen molar-refractivity contribution in [2.75, 3.05) is 0 Å². The van der Waals surface area contributed by atoms with E-state index in [1.54, 1.807) is 17.1 Å². The maximum absolute atomic E-state index is 4.86. The van der Waals surface area contributed by atoms with Crippen LogP contribution in [0.15, 0.2) is 55.0 Å². The van der Waals surface area contributed by atoms with Crippen LogP contribution in [0.5, 0.6) is 0 Å². The zero-order valence-corrected chi connectivity index (χ0v) is 15.1. The van der Waals surface area contributed by atoms with Crippen LogP contribution in [0.2, 0.25) is 0 Å². The molecular weight excluding hydrogens is 326 g/mol. The molecule has 0 saturated carbocycles. The molecule has 0 unspecified atom stereocenters. The predicted octanol–water partition coefficient (Wildman–Crippen LogP) is 3.05. The molecule has 0 saturated heterocycles. The lowest BCUT2D eigenvalue weighted by molar-refractivity contribution is 0.614. The largest absolute Gasteiger partial charge is 0.251 e. The van der Waals surface area contributed by atoms with Gasteiger partial charge in [0.2, 0.25) is 0 Å². The van der Waals surface area contributed by atoms with Gasteiger partial charge in [0.05, 0.1) is 11.9 Å². The van der Waals surface area contributed by atoms with E-state index >= 15 is 0 Å². The summed E-state index contributed by atoms with van der Waals surface area (Å²) in [6, 6.07) is 11.9. The van der Waals surface area contributed by atoms with Crippen LogP contribution >= 0.6 is 0 Å². The Balaban J connectivity index is 1.92. The highest BCUT2D eigenvalue weighted by Gasteiger charge is 2.19. The van der Waals surface area contributed by atoms with E-state index in [1.165, 1.54) is 0 Å². The molecule has 7 heteroatoms. The molecule has 0 fully saturated rings. The summed E-state index contributed by atoms with van der Waals surface area (Å²) in [6.45, 7) is 4.34. The van der Waals surface area contributed by atoms with Gasteiger partial charge in [0, 0.05) is 37.5 Å². The van der Waals surface area contributed by atoms with Gasteiger partial charge in [-0.15, -0.1) is 5.10 Å². The Morgan fingerprint density at radius 3 is 2.54 bits per heavy atom. The summed E-state index contributed by atoms with van der Waals surface area (Å²) in [5, 5.41) is 13.4. The molecule has 0 aliphatic rings. The topological polar surface area (TPSA) is 66.3 Å². The molecule has 3 aromatic heterocycles. The third kappa shape index (κ3) is 2.92. The quantitative estimate of drug-likeness (QED) is 0.556. The molecule has 0 spiro atoms. The molecule has 0 radical (unpaired) electrons. The van der Waals surface area contributed by atoms with Crippen LogP contribution in [-0.4, -0.2) is 34.3 Å². The minimum absolute atomic E-state index is 0.478. The van der Waals surface area contributed by atoms with Gasteiger partial charge in [-0.1, -0.05) is 26.0 Å². The number of aryl methyl sites for hydroxylation is 1. The fourth-order valence-corrected chi connectivity index (χ4v) is 2.99. The van der Waals surface area contributed by atoms with Crippen LogP contribution in [0.4, 0.5) is 0 Å². The van der Waals surface area contributed by atoms with Crippen molar-refractivity contribution in [3.63, 3.8) is 0 Å². The normalized spacial score (nSPS) is 11.4. The summed E-state index contributed by atoms with van der Waals surface area (Å²) in [6.07, 6.45) is 6.29. The molecule has 7 nitrogen and oxygen atoms in total. The van der Waals surface area contributed by atoms with Crippen LogP contribution in [0.1, 0.15) is 19.7 Å². The van der Waals surface area contributed by atoms with Crippen LogP contribution < -0.4 is 0 Å². The lowest BCUT2D eigenvalue weighted by Crippen LogP contribution is -2.08. The Kier molecular flexibility index (Phi) is 4.12. The van der Waals surface area contributed by atoms with Gasteiger partial charge < -0.3 is 0 Å². The summed E-state index contributed by atoms with van der Waals surface area (Å²) in [5.41, 5.74) is 1.93. The second-order valence-electron chi connectivity index (χ2n) is 6.64. The maximum atomic E-state index is 4.86. The molecule has 0 bridgehead atoms. The Morgan fingerprint density at radius 1 is 1.00 bits per heavy atom. The minimum Gasteiger partial charge on any atom is -0.251 e. The molecule has 0 amide bonds. The van der Waals surface area contributed by atoms with Gasteiger partial charge in [-0.3, -0.25) is 4.68 Å². The molecule has 0 atom stereocenters. The standard InChI is InChI=1S/C19H21N7/c1-14(2)13-17-22-19(26(23-17)18-9-11-20-24(18)3)15-7-4-5-8-16(15)25-12-6-10-21-25/h4-12,14H,13H2,1-3H3. The number of aromatic nitrogens is 7. The summed E-state index contributed by atoms with van der Waals surface area (Å²) < 4.78 is 5.51. The van der Waals surface area contributed by atoms with Crippen molar-refractivity contribution in [2.24, 2.45) is 13.0 Å². The third-order valence-electron chi connectivity index (χ3n) is 4.15. The molecule has 0 N–H and O–H groups in total. The van der Waals surface area contributed by atoms with Crippen LogP contribution in [0, 0.1) is 5.92 Å². The maximum Gasteiger partial charge on any atom is 0.167 e. The van der Waals surface area contributed by atoms with Crippen LogP contribution in [0.3, 0.4) is 0 Å². The summed E-state index contributed by atoms with van der Waals surface area (Å²) in [7, 11) is 1.91. The number of hydrogen-bond acceptors (Lipinski definition) is 4. The van der Waals surface area contributed by atoms with E-state index in [1.807, 2.05) is 59.0 Å². The van der Waals surface area contributed by atoms with Crippen molar-refractivity contribution in [1.82, 2.24) is 34.3 Å². The molecular formula is C19H21N7. The molecule has 0 aliphatic carbocycles. The number of benzene rings is 1. The zero-order valence-electron chi connectivity index (χ0n) is 15.1. The summed E-state index contributed by atoms with van der Waals surface area (Å²) in [4.78, 5) is 4.86. The molecule has 1 aromatic carbocycles. The highest BCUT2D eigenvalue weighted by atomic mass is 15.4. The summed E-state index contributed by atoms with van der Waals surface area (Å²) >= 11 is 0. The zero-order chi connectivity index (χ0) is 18.1. The van der Waals surface area contributed by atoms with E-state index in [-0.39, 0.29) is 0 Å². The van der Waals surface area contributed by atoms with E-state index in [2.05, 4.69) is 24.0 Å². The Hall–Kier alpha value is -3.22. The fraction of sp³-hybridized carbons (Fsp3) is 0.263. The SMILES string of the molecule is CC(C)Cc1nc(-c2ccccc2-n2cccn2)n(-c2ccnn2C)n1. The van der Waals surface area contributed by atoms with E-state index in [0.29, 0.717) is 5.92 Å². The van der Waals surface area contributed by atoms with Crippen molar-refractivity contribution < 1.29 is 0 Å². The Bertz CT molecular complexity index is 1010. The van der Waals surface area contributed by atoms with Crippen molar-refractivity contribution in [2.45, 2.75) is 20.3 Å². The molecule has 3 heterocycles. The smallest absolute Gasteiger partial charge is 0.167 e. The molecule has 4 aromatic rings. The summed E-state index contributed by atoms with van der Waals surface area (Å²) in [5.74, 6) is 2.96. The highest BCUT2D eigenvalue weighted by Crippen LogP contribution is 2.27. The third-order valence-corrected chi connectivity index (χ3v) is 4.15. The van der Waals surface area contributed by atoms with Gasteiger partial charge in [0.15, 0.2) is 17.5 Å². The molecule has 132 valence electrons. The van der Waals surface area contributed by atoms with Gasteiger partial charge in [-0.05, 0) is 24.1 Å². The minimum atomic E-state index is 0.478. The predicted molar refractivity (Wildman–Crippen MR) is 99.2 cm³/mol. The molecule has 4 rings (SSSR count). The first kappa shape index (κ1) is 16.3. The first-order valence-corrected chi connectivity index (χ1v) is 8.67. The van der Waals surface area contributed by atoms with E-state index in [4.69, 9.17) is 10.1 Å². The average Bonchev–Trinajstić information content (AvgIpc) is 3.35. The number of rotatable bonds is 5. The first-order valence-electron chi connectivity index (χ1n) is 8.67. The van der Waals surface area contributed by atoms with Crippen molar-refractivity contribution in [3.8, 4) is 22.9 Å². The van der Waals surface area contributed by atoms with Crippen LogP contribution in [-0.2, 0) is 13.5 Å². The average molecular weight is 347 g/mol. The second kappa shape index (κ2) is 6.59. The number of hydrogen-bond donors (Lipinski definition) is 0. The van der Waals surface area contributed by atoms with Gasteiger partial charge >= 0.3 is 0 Å². The first-order chi connectivity index (χ1) is 12.6. The van der Waals surface area contributed by atoms with Crippen molar-refractivity contribution >= 4 is 0 Å². The Labute approximate surface area is 151 Å². The Morgan fingerprint density at radius 2 is 1.85 bits per heavy atom. The van der Waals surface area contributed by atoms with E-state index in [9.17, 15) is 0 Å². The number of nitrogens with zero attached hydrogens (tertiary/aromatic N) is 7. The van der Waals surface area contributed by atoms with E-state index in [0.717, 1.165) is 35.1 Å². The van der Waals surface area contributed by atoms with Crippen molar-refractivity contribution in [1.29, 1.82) is 0 Å². The highest BCUT2D eigenvalue weighted by molar-refractivity contribution is 5.68.